The Bertz CT molecular complexity index is 219. The van der Waals surface area contributed by atoms with E-state index in [1.807, 2.05) is 0 Å². The molecule has 0 aliphatic heterocycles. The van der Waals surface area contributed by atoms with Gasteiger partial charge >= 0.3 is 16.9 Å². The number of nitrogens with zero attached hydrogens (tertiary/aromatic N) is 2. The highest BCUT2D eigenvalue weighted by atomic mass is 35.5. The van der Waals surface area contributed by atoms with Gasteiger partial charge in [-0.15, -0.1) is 0 Å². The summed E-state index contributed by atoms with van der Waals surface area (Å²) in [6.07, 6.45) is 0. The molecule has 0 spiro atoms. The van der Waals surface area contributed by atoms with Crippen LogP contribution < -0.4 is 0 Å². The molecule has 0 rings (SSSR count). The Morgan fingerprint density at radius 2 is 2.10 bits per heavy atom. The molecule has 5 nitrogen and oxygen atoms in total. The molecule has 0 amide bonds. The molecule has 0 fully saturated rings. The first kappa shape index (κ1) is 8.81. The molecule has 6 heteroatoms. The third kappa shape index (κ3) is 1.97. The summed E-state index contributed by atoms with van der Waals surface area (Å²) >= 11 is 4.79. The molecule has 0 aromatic carbocycles. The molecule has 10 heavy (non-hydrogen) atoms. The third-order valence-corrected chi connectivity index (χ3v) is 0.844. The number of esters is 1. The van der Waals surface area contributed by atoms with Crippen LogP contribution in [0.2, 0.25) is 0 Å². The van der Waals surface area contributed by atoms with E-state index < -0.39 is 16.9 Å². The van der Waals surface area contributed by atoms with Gasteiger partial charge in [0.15, 0.2) is 0 Å². The molecule has 54 valence electrons. The van der Waals surface area contributed by atoms with Crippen LogP contribution in [-0.2, 0) is 14.3 Å². The number of ether oxygens (including phenoxy) is 1. The molecule has 0 aliphatic rings. The van der Waals surface area contributed by atoms with Crippen LogP contribution in [0.5, 0.6) is 0 Å². The summed E-state index contributed by atoms with van der Waals surface area (Å²) in [5.41, 5.74) is 7.15. The second-order valence-electron chi connectivity index (χ2n) is 1.21. The van der Waals surface area contributed by atoms with E-state index in [0.29, 0.717) is 0 Å². The van der Waals surface area contributed by atoms with Crippen molar-refractivity contribution < 1.29 is 19.1 Å². The summed E-state index contributed by atoms with van der Waals surface area (Å²) < 4.78 is 4.03. The van der Waals surface area contributed by atoms with Gasteiger partial charge in [-0.1, -0.05) is 0 Å². The van der Waals surface area contributed by atoms with Gasteiger partial charge in [-0.2, -0.15) is 4.79 Å². The van der Waals surface area contributed by atoms with Crippen LogP contribution in [0, 0.1) is 0 Å². The normalized spacial score (nSPS) is 7.80. The van der Waals surface area contributed by atoms with Gasteiger partial charge in [-0.3, -0.25) is 4.79 Å². The fourth-order valence-electron chi connectivity index (χ4n) is 0.257. The molecule has 0 radical (unpaired) electrons. The van der Waals surface area contributed by atoms with Crippen molar-refractivity contribution in [1.29, 1.82) is 0 Å². The number of carbonyl (C=O) groups is 2. The molecule has 0 saturated heterocycles. The summed E-state index contributed by atoms with van der Waals surface area (Å²) in [5.74, 6) is -1.07. The molecule has 0 heterocycles. The lowest BCUT2D eigenvalue weighted by Gasteiger charge is -1.85. The lowest BCUT2D eigenvalue weighted by molar-refractivity contribution is -0.138. The Morgan fingerprint density at radius 1 is 1.60 bits per heavy atom. The maximum Gasteiger partial charge on any atom is 0.457 e. The summed E-state index contributed by atoms with van der Waals surface area (Å²) in [7, 11) is 1.04. The van der Waals surface area contributed by atoms with Crippen molar-refractivity contribution in [2.45, 2.75) is 0 Å². The Labute approximate surface area is 61.2 Å². The molecule has 0 aliphatic carbocycles. The molecule has 0 bridgehead atoms. The zero-order valence-corrected chi connectivity index (χ0v) is 5.75. The van der Waals surface area contributed by atoms with Crippen molar-refractivity contribution in [2.75, 3.05) is 7.11 Å². The summed E-state index contributed by atoms with van der Waals surface area (Å²) in [4.78, 5) is 22.8. The topological polar surface area (TPSA) is 79.8 Å². The van der Waals surface area contributed by atoms with Gasteiger partial charge in [0.1, 0.15) is 0 Å². The molecule has 0 N–H and O–H groups in total. The smallest absolute Gasteiger partial charge is 0.457 e. The number of hydrogen-bond acceptors (Lipinski definition) is 3. The summed E-state index contributed by atoms with van der Waals surface area (Å²) in [6, 6.07) is 0. The summed E-state index contributed by atoms with van der Waals surface area (Å²) in [6.45, 7) is 0. The molecule has 0 unspecified atom stereocenters. The van der Waals surface area contributed by atoms with Crippen molar-refractivity contribution in [3.63, 3.8) is 0 Å². The number of rotatable bonds is 2. The van der Waals surface area contributed by atoms with Gasteiger partial charge in [-0.05, 0) is 11.6 Å². The van der Waals surface area contributed by atoms with Crippen molar-refractivity contribution >= 4 is 28.5 Å². The van der Waals surface area contributed by atoms with Crippen LogP contribution in [-0.4, -0.2) is 28.8 Å². The SMILES string of the molecule is COC(=O)C(=[N+]=[N-])C(=O)Cl. The minimum absolute atomic E-state index is 0.829. The van der Waals surface area contributed by atoms with E-state index in [0.717, 1.165) is 7.11 Å². The average Bonchev–Trinajstić information content (AvgIpc) is 1.88. The van der Waals surface area contributed by atoms with Crippen LogP contribution in [0.25, 0.3) is 5.53 Å². The Hall–Kier alpha value is -1.19. The number of hydrogen-bond donors (Lipinski definition) is 0. The van der Waals surface area contributed by atoms with E-state index >= 15 is 0 Å². The van der Waals surface area contributed by atoms with Crippen LogP contribution in [0.1, 0.15) is 0 Å². The van der Waals surface area contributed by atoms with Crippen LogP contribution in [0.3, 0.4) is 0 Å². The first-order valence-electron chi connectivity index (χ1n) is 2.13. The second-order valence-corrected chi connectivity index (χ2v) is 1.56. The predicted octanol–water partition coefficient (Wildman–Crippen LogP) is -0.404. The monoisotopic (exact) mass is 162 g/mol. The van der Waals surface area contributed by atoms with Gasteiger partial charge in [0, 0.05) is 0 Å². The van der Waals surface area contributed by atoms with E-state index in [2.05, 4.69) is 9.53 Å². The largest absolute Gasteiger partial charge is 0.460 e. The maximum atomic E-state index is 10.4. The van der Waals surface area contributed by atoms with Crippen molar-refractivity contribution in [1.82, 2.24) is 0 Å². The molecule has 0 aromatic heterocycles. The maximum absolute atomic E-state index is 10.4. The highest BCUT2D eigenvalue weighted by Gasteiger charge is 2.28. The Morgan fingerprint density at radius 3 is 2.20 bits per heavy atom. The highest BCUT2D eigenvalue weighted by molar-refractivity contribution is 6.89. The minimum Gasteiger partial charge on any atom is -0.460 e. The van der Waals surface area contributed by atoms with Crippen LogP contribution >= 0.6 is 11.6 Å². The molecular weight excluding hydrogens is 160 g/mol. The lowest BCUT2D eigenvalue weighted by atomic mass is 10.4. The van der Waals surface area contributed by atoms with Crippen molar-refractivity contribution in [2.24, 2.45) is 0 Å². The second kappa shape index (κ2) is 3.76. The fourth-order valence-corrected chi connectivity index (χ4v) is 0.372. The number of methoxy groups -OCH3 is 1. The predicted molar refractivity (Wildman–Crippen MR) is 31.5 cm³/mol. The molecule has 0 aromatic rings. The minimum atomic E-state index is -1.16. The van der Waals surface area contributed by atoms with Crippen LogP contribution in [0.15, 0.2) is 0 Å². The molecule has 0 saturated carbocycles. The van der Waals surface area contributed by atoms with Gasteiger partial charge < -0.3 is 10.3 Å². The van der Waals surface area contributed by atoms with E-state index in [4.69, 9.17) is 17.1 Å². The standard InChI is InChI=1S/C4H3ClN2O3/c1-10-4(9)2(7-6)3(5)8/h1H3. The van der Waals surface area contributed by atoms with Crippen molar-refractivity contribution in [3.05, 3.63) is 5.53 Å². The van der Waals surface area contributed by atoms with Crippen molar-refractivity contribution in [3.8, 4) is 0 Å². The number of halogens is 1. The number of carbonyl (C=O) groups excluding carboxylic acids is 2. The molecule has 0 atom stereocenters. The Kier molecular flexibility index (Phi) is 3.32. The first-order chi connectivity index (χ1) is 4.63. The van der Waals surface area contributed by atoms with Gasteiger partial charge in [0.2, 0.25) is 0 Å². The van der Waals surface area contributed by atoms with E-state index in [1.54, 1.807) is 0 Å². The van der Waals surface area contributed by atoms with E-state index in [9.17, 15) is 9.59 Å². The van der Waals surface area contributed by atoms with Crippen LogP contribution in [0.4, 0.5) is 0 Å². The zero-order chi connectivity index (χ0) is 8.15. The Balaban J connectivity index is 4.56. The van der Waals surface area contributed by atoms with E-state index in [1.165, 1.54) is 0 Å². The molecular formula is C4H3ClN2O3. The lowest BCUT2D eigenvalue weighted by Crippen LogP contribution is -2.22. The highest BCUT2D eigenvalue weighted by Crippen LogP contribution is 1.85. The van der Waals surface area contributed by atoms with Gasteiger partial charge in [-0.25, -0.2) is 4.79 Å². The fraction of sp³-hybridized carbons (Fsp3) is 0.250. The van der Waals surface area contributed by atoms with E-state index in [-0.39, 0.29) is 0 Å². The first-order valence-corrected chi connectivity index (χ1v) is 2.51. The third-order valence-electron chi connectivity index (χ3n) is 0.665. The quantitative estimate of drug-likeness (QED) is 0.138. The van der Waals surface area contributed by atoms with Gasteiger partial charge in [0.05, 0.1) is 7.11 Å². The summed E-state index contributed by atoms with van der Waals surface area (Å²) in [5, 5.41) is -1.16. The zero-order valence-electron chi connectivity index (χ0n) is 5.00. The van der Waals surface area contributed by atoms with Gasteiger partial charge in [0.25, 0.3) is 0 Å². The average molecular weight is 163 g/mol.